The number of halogens is 2. The topological polar surface area (TPSA) is 85.1 Å². The summed E-state index contributed by atoms with van der Waals surface area (Å²) in [7, 11) is 0. The number of anilines is 1. The van der Waals surface area contributed by atoms with Crippen LogP contribution >= 0.6 is 35.0 Å². The third kappa shape index (κ3) is 4.24. The molecule has 140 valence electrons. The van der Waals surface area contributed by atoms with Crippen LogP contribution in [-0.2, 0) is 4.79 Å². The maximum Gasteiger partial charge on any atom is 0.234 e. The van der Waals surface area contributed by atoms with Crippen molar-refractivity contribution in [3.8, 4) is 11.5 Å². The van der Waals surface area contributed by atoms with Crippen LogP contribution in [0.3, 0.4) is 0 Å². The van der Waals surface area contributed by atoms with E-state index in [9.17, 15) is 4.79 Å². The Kier molecular flexibility index (Phi) is 5.43. The highest BCUT2D eigenvalue weighted by molar-refractivity contribution is 7.99. The zero-order valence-electron chi connectivity index (χ0n) is 14.2. The molecule has 0 aliphatic heterocycles. The van der Waals surface area contributed by atoms with E-state index in [0.29, 0.717) is 37.9 Å². The van der Waals surface area contributed by atoms with Gasteiger partial charge in [-0.05, 0) is 42.5 Å². The third-order valence-corrected chi connectivity index (χ3v) is 4.99. The Morgan fingerprint density at radius 2 is 1.89 bits per heavy atom. The lowest BCUT2D eigenvalue weighted by Crippen LogP contribution is -2.14. The first kappa shape index (κ1) is 18.7. The van der Waals surface area contributed by atoms with Crippen molar-refractivity contribution in [2.24, 2.45) is 0 Å². The van der Waals surface area contributed by atoms with Crippen molar-refractivity contribution in [1.29, 1.82) is 0 Å². The third-order valence-electron chi connectivity index (χ3n) is 3.63. The molecule has 0 spiro atoms. The first-order valence-corrected chi connectivity index (χ1v) is 9.85. The number of fused-ring (bicyclic) bond motifs is 1. The minimum atomic E-state index is -0.195. The smallest absolute Gasteiger partial charge is 0.234 e. The Morgan fingerprint density at radius 1 is 1.07 bits per heavy atom. The van der Waals surface area contributed by atoms with E-state index < -0.39 is 0 Å². The van der Waals surface area contributed by atoms with Crippen LogP contribution in [0.15, 0.2) is 59.8 Å². The fourth-order valence-electron chi connectivity index (χ4n) is 2.47. The van der Waals surface area contributed by atoms with Crippen molar-refractivity contribution < 1.29 is 4.79 Å². The van der Waals surface area contributed by atoms with Gasteiger partial charge in [-0.15, -0.1) is 10.2 Å². The summed E-state index contributed by atoms with van der Waals surface area (Å²) >= 11 is 13.2. The standard InChI is InChI=1S/C18H12Cl2N6OS/c19-11-7-12(20)9-13(8-11)22-16(27)10-28-17-5-4-15-23-24-18(26(15)25-17)14-3-1-2-6-21-14/h1-9H,10H2,(H,22,27). The number of hydrogen-bond donors (Lipinski definition) is 1. The molecule has 0 unspecified atom stereocenters. The molecule has 10 heteroatoms. The molecular formula is C18H12Cl2N6OS. The van der Waals surface area contributed by atoms with Crippen molar-refractivity contribution in [2.45, 2.75) is 5.03 Å². The van der Waals surface area contributed by atoms with Crippen LogP contribution in [0.4, 0.5) is 5.69 Å². The lowest BCUT2D eigenvalue weighted by molar-refractivity contribution is -0.113. The zero-order chi connectivity index (χ0) is 19.5. The van der Waals surface area contributed by atoms with Gasteiger partial charge in [-0.1, -0.05) is 41.0 Å². The van der Waals surface area contributed by atoms with Crippen LogP contribution in [0.2, 0.25) is 10.0 Å². The Balaban J connectivity index is 1.48. The fraction of sp³-hybridized carbons (Fsp3) is 0.0556. The Labute approximate surface area is 174 Å². The van der Waals surface area contributed by atoms with E-state index >= 15 is 0 Å². The second-order valence-corrected chi connectivity index (χ2v) is 7.54. The highest BCUT2D eigenvalue weighted by Crippen LogP contribution is 2.23. The van der Waals surface area contributed by atoms with Crippen molar-refractivity contribution in [3.05, 3.63) is 64.8 Å². The molecule has 0 radical (unpaired) electrons. The van der Waals surface area contributed by atoms with Crippen molar-refractivity contribution in [1.82, 2.24) is 24.8 Å². The molecule has 1 N–H and O–H groups in total. The number of thioether (sulfide) groups is 1. The molecular weight excluding hydrogens is 419 g/mol. The average Bonchev–Trinajstić information content (AvgIpc) is 3.09. The SMILES string of the molecule is O=C(CSc1ccc2nnc(-c3ccccn3)n2n1)Nc1cc(Cl)cc(Cl)c1. The van der Waals surface area contributed by atoms with Crippen molar-refractivity contribution in [2.75, 3.05) is 11.1 Å². The van der Waals surface area contributed by atoms with Gasteiger partial charge in [0, 0.05) is 21.9 Å². The Morgan fingerprint density at radius 3 is 2.64 bits per heavy atom. The van der Waals surface area contributed by atoms with Gasteiger partial charge >= 0.3 is 0 Å². The predicted molar refractivity (Wildman–Crippen MR) is 110 cm³/mol. The number of carbonyl (C=O) groups is 1. The van der Waals surface area contributed by atoms with E-state index in [1.807, 2.05) is 18.2 Å². The van der Waals surface area contributed by atoms with Gasteiger partial charge in [-0.2, -0.15) is 9.61 Å². The molecule has 4 aromatic rings. The summed E-state index contributed by atoms with van der Waals surface area (Å²) in [4.78, 5) is 16.5. The number of carbonyl (C=O) groups excluding carboxylic acids is 1. The van der Waals surface area contributed by atoms with E-state index in [1.54, 1.807) is 41.0 Å². The number of aromatic nitrogens is 5. The first-order valence-electron chi connectivity index (χ1n) is 8.11. The van der Waals surface area contributed by atoms with Gasteiger partial charge < -0.3 is 5.32 Å². The van der Waals surface area contributed by atoms with Crippen molar-refractivity contribution >= 4 is 52.2 Å². The largest absolute Gasteiger partial charge is 0.325 e. The van der Waals surface area contributed by atoms with Crippen LogP contribution in [0, 0.1) is 0 Å². The summed E-state index contributed by atoms with van der Waals surface area (Å²) in [5.74, 6) is 0.513. The summed E-state index contributed by atoms with van der Waals surface area (Å²) in [6, 6.07) is 14.0. The molecule has 0 aliphatic rings. The molecule has 0 fully saturated rings. The first-order chi connectivity index (χ1) is 13.6. The molecule has 1 aromatic carbocycles. The molecule has 0 aliphatic carbocycles. The maximum absolute atomic E-state index is 12.2. The molecule has 0 saturated heterocycles. The molecule has 7 nitrogen and oxygen atoms in total. The number of nitrogens with one attached hydrogen (secondary N) is 1. The van der Waals surface area contributed by atoms with Gasteiger partial charge in [0.2, 0.25) is 11.7 Å². The monoisotopic (exact) mass is 430 g/mol. The maximum atomic E-state index is 12.2. The highest BCUT2D eigenvalue weighted by Gasteiger charge is 2.12. The number of pyridine rings is 1. The van der Waals surface area contributed by atoms with E-state index in [2.05, 4.69) is 25.6 Å². The molecule has 0 atom stereocenters. The van der Waals surface area contributed by atoms with Gasteiger partial charge in [0.05, 0.1) is 5.75 Å². The van der Waals surface area contributed by atoms with Gasteiger partial charge in [0.15, 0.2) is 5.65 Å². The number of hydrogen-bond acceptors (Lipinski definition) is 6. The Bertz CT molecular complexity index is 1130. The minimum absolute atomic E-state index is 0.170. The normalized spacial score (nSPS) is 10.9. The van der Waals surface area contributed by atoms with Crippen LogP contribution in [-0.4, -0.2) is 36.5 Å². The van der Waals surface area contributed by atoms with Gasteiger partial charge in [0.25, 0.3) is 0 Å². The quantitative estimate of drug-likeness (QED) is 0.477. The molecule has 3 heterocycles. The van der Waals surface area contributed by atoms with E-state index in [0.717, 1.165) is 0 Å². The lowest BCUT2D eigenvalue weighted by atomic mass is 10.3. The molecule has 0 bridgehead atoms. The molecule has 3 aromatic heterocycles. The Hall–Kier alpha value is -2.68. The van der Waals surface area contributed by atoms with E-state index in [-0.39, 0.29) is 11.7 Å². The van der Waals surface area contributed by atoms with Crippen LogP contribution < -0.4 is 5.32 Å². The highest BCUT2D eigenvalue weighted by atomic mass is 35.5. The summed E-state index contributed by atoms with van der Waals surface area (Å²) in [5, 5.41) is 17.1. The summed E-state index contributed by atoms with van der Waals surface area (Å²) < 4.78 is 1.61. The average molecular weight is 431 g/mol. The number of rotatable bonds is 5. The van der Waals surface area contributed by atoms with Crippen LogP contribution in [0.5, 0.6) is 0 Å². The minimum Gasteiger partial charge on any atom is -0.325 e. The van der Waals surface area contributed by atoms with Gasteiger partial charge in [-0.3, -0.25) is 9.78 Å². The van der Waals surface area contributed by atoms with Crippen LogP contribution in [0.25, 0.3) is 17.2 Å². The van der Waals surface area contributed by atoms with Gasteiger partial charge in [0.1, 0.15) is 10.7 Å². The lowest BCUT2D eigenvalue weighted by Gasteiger charge is -2.06. The van der Waals surface area contributed by atoms with E-state index in [4.69, 9.17) is 23.2 Å². The van der Waals surface area contributed by atoms with Crippen molar-refractivity contribution in [3.63, 3.8) is 0 Å². The van der Waals surface area contributed by atoms with E-state index in [1.165, 1.54) is 11.8 Å². The summed E-state index contributed by atoms with van der Waals surface area (Å²) in [5.41, 5.74) is 1.81. The molecule has 0 saturated carbocycles. The molecule has 4 rings (SSSR count). The second kappa shape index (κ2) is 8.14. The predicted octanol–water partition coefficient (Wildman–Crippen LogP) is 4.22. The summed E-state index contributed by atoms with van der Waals surface area (Å²) in [6.45, 7) is 0. The van der Waals surface area contributed by atoms with Crippen LogP contribution in [0.1, 0.15) is 0 Å². The fourth-order valence-corrected chi connectivity index (χ4v) is 3.65. The zero-order valence-corrected chi connectivity index (χ0v) is 16.5. The number of benzene rings is 1. The van der Waals surface area contributed by atoms with Gasteiger partial charge in [-0.25, -0.2) is 0 Å². The molecule has 1 amide bonds. The number of amides is 1. The molecule has 28 heavy (non-hydrogen) atoms. The number of nitrogens with zero attached hydrogens (tertiary/aromatic N) is 5. The second-order valence-electron chi connectivity index (χ2n) is 5.68. The summed E-state index contributed by atoms with van der Waals surface area (Å²) in [6.07, 6.45) is 1.68.